The SMILES string of the molecule is O=C(NCc1ccco1)c1ccnc(-c2cccs2)c1. The number of carbonyl (C=O) groups excluding carboxylic acids is 1. The first kappa shape index (κ1) is 12.6. The van der Waals surface area contributed by atoms with Crippen molar-refractivity contribution in [1.29, 1.82) is 0 Å². The van der Waals surface area contributed by atoms with Gasteiger partial charge in [0, 0.05) is 11.8 Å². The molecule has 0 fully saturated rings. The molecule has 20 heavy (non-hydrogen) atoms. The molecule has 0 bridgehead atoms. The lowest BCUT2D eigenvalue weighted by molar-refractivity contribution is 0.0948. The minimum absolute atomic E-state index is 0.137. The first-order valence-corrected chi connectivity index (χ1v) is 7.01. The van der Waals surface area contributed by atoms with Crippen molar-refractivity contribution in [1.82, 2.24) is 10.3 Å². The Labute approximate surface area is 120 Å². The number of thiophene rings is 1. The molecule has 5 heteroatoms. The number of nitrogens with one attached hydrogen (secondary N) is 1. The second-order valence-electron chi connectivity index (χ2n) is 4.17. The molecule has 1 N–H and O–H groups in total. The third kappa shape index (κ3) is 2.78. The molecule has 0 aliphatic rings. The lowest BCUT2D eigenvalue weighted by Crippen LogP contribution is -2.22. The van der Waals surface area contributed by atoms with Crippen LogP contribution in [0.15, 0.2) is 58.7 Å². The molecule has 0 aromatic carbocycles. The van der Waals surface area contributed by atoms with Crippen LogP contribution in [0.2, 0.25) is 0 Å². The Balaban J connectivity index is 1.73. The molecule has 0 saturated carbocycles. The van der Waals surface area contributed by atoms with Gasteiger partial charge in [-0.3, -0.25) is 9.78 Å². The molecule has 100 valence electrons. The summed E-state index contributed by atoms with van der Waals surface area (Å²) in [5.74, 6) is 0.590. The van der Waals surface area contributed by atoms with E-state index >= 15 is 0 Å². The minimum atomic E-state index is -0.137. The monoisotopic (exact) mass is 284 g/mol. The first-order valence-electron chi connectivity index (χ1n) is 6.13. The highest BCUT2D eigenvalue weighted by Gasteiger charge is 2.08. The Morgan fingerprint density at radius 2 is 2.25 bits per heavy atom. The molecular formula is C15H12N2O2S. The van der Waals surface area contributed by atoms with Gasteiger partial charge in [-0.05, 0) is 35.7 Å². The topological polar surface area (TPSA) is 55.1 Å². The van der Waals surface area contributed by atoms with Crippen molar-refractivity contribution in [2.45, 2.75) is 6.54 Å². The highest BCUT2D eigenvalue weighted by molar-refractivity contribution is 7.13. The normalized spacial score (nSPS) is 10.4. The molecule has 0 aliphatic carbocycles. The fourth-order valence-corrected chi connectivity index (χ4v) is 2.51. The number of furan rings is 1. The van der Waals surface area contributed by atoms with E-state index < -0.39 is 0 Å². The van der Waals surface area contributed by atoms with Crippen molar-refractivity contribution >= 4 is 17.2 Å². The van der Waals surface area contributed by atoms with Crippen LogP contribution in [-0.4, -0.2) is 10.9 Å². The quantitative estimate of drug-likeness (QED) is 0.799. The number of aromatic nitrogens is 1. The van der Waals surface area contributed by atoms with Crippen molar-refractivity contribution in [2.24, 2.45) is 0 Å². The predicted molar refractivity (Wildman–Crippen MR) is 77.4 cm³/mol. The second kappa shape index (κ2) is 5.71. The lowest BCUT2D eigenvalue weighted by Gasteiger charge is -2.04. The zero-order valence-corrected chi connectivity index (χ0v) is 11.4. The highest BCUT2D eigenvalue weighted by atomic mass is 32.1. The molecule has 4 nitrogen and oxygen atoms in total. The number of pyridine rings is 1. The van der Waals surface area contributed by atoms with Gasteiger partial charge in [-0.1, -0.05) is 6.07 Å². The van der Waals surface area contributed by atoms with Crippen LogP contribution in [0.5, 0.6) is 0 Å². The first-order chi connectivity index (χ1) is 9.83. The summed E-state index contributed by atoms with van der Waals surface area (Å²) in [6, 6.07) is 11.1. The predicted octanol–water partition coefficient (Wildman–Crippen LogP) is 3.33. The van der Waals surface area contributed by atoms with E-state index in [9.17, 15) is 4.79 Å². The summed E-state index contributed by atoms with van der Waals surface area (Å²) < 4.78 is 5.18. The number of rotatable bonds is 4. The molecule has 0 radical (unpaired) electrons. The molecule has 0 unspecified atom stereocenters. The lowest BCUT2D eigenvalue weighted by atomic mass is 10.2. The van der Waals surface area contributed by atoms with E-state index in [0.29, 0.717) is 12.1 Å². The van der Waals surface area contributed by atoms with Gasteiger partial charge < -0.3 is 9.73 Å². The molecule has 3 aromatic rings. The average molecular weight is 284 g/mol. The van der Waals surface area contributed by atoms with Gasteiger partial charge in [0.2, 0.25) is 0 Å². The fraction of sp³-hybridized carbons (Fsp3) is 0.0667. The van der Waals surface area contributed by atoms with Crippen molar-refractivity contribution in [2.75, 3.05) is 0 Å². The van der Waals surface area contributed by atoms with Gasteiger partial charge in [0.05, 0.1) is 23.4 Å². The van der Waals surface area contributed by atoms with E-state index in [4.69, 9.17) is 4.42 Å². The smallest absolute Gasteiger partial charge is 0.251 e. The molecule has 3 heterocycles. The van der Waals surface area contributed by atoms with Gasteiger partial charge in [0.15, 0.2) is 0 Å². The van der Waals surface area contributed by atoms with Gasteiger partial charge in [-0.25, -0.2) is 0 Å². The van der Waals surface area contributed by atoms with Crippen LogP contribution in [0.1, 0.15) is 16.1 Å². The van der Waals surface area contributed by atoms with E-state index in [2.05, 4.69) is 10.3 Å². The van der Waals surface area contributed by atoms with Gasteiger partial charge in [-0.15, -0.1) is 11.3 Å². The molecule has 0 spiro atoms. The Hall–Kier alpha value is -2.40. The van der Waals surface area contributed by atoms with E-state index in [1.54, 1.807) is 42.0 Å². The van der Waals surface area contributed by atoms with Crippen molar-refractivity contribution in [3.8, 4) is 10.6 Å². The summed E-state index contributed by atoms with van der Waals surface area (Å²) in [5, 5.41) is 4.80. The summed E-state index contributed by atoms with van der Waals surface area (Å²) in [6.07, 6.45) is 3.24. The number of carbonyl (C=O) groups is 1. The van der Waals surface area contributed by atoms with E-state index in [-0.39, 0.29) is 5.91 Å². The summed E-state index contributed by atoms with van der Waals surface area (Å²) in [4.78, 5) is 17.4. The fourth-order valence-electron chi connectivity index (χ4n) is 1.81. The second-order valence-corrected chi connectivity index (χ2v) is 5.12. The van der Waals surface area contributed by atoms with Gasteiger partial charge >= 0.3 is 0 Å². The van der Waals surface area contributed by atoms with E-state index in [0.717, 1.165) is 16.3 Å². The average Bonchev–Trinajstić information content (AvgIpc) is 3.18. The van der Waals surface area contributed by atoms with Crippen LogP contribution in [0, 0.1) is 0 Å². The summed E-state index contributed by atoms with van der Waals surface area (Å²) in [5.41, 5.74) is 1.40. The Morgan fingerprint density at radius 1 is 1.30 bits per heavy atom. The van der Waals surface area contributed by atoms with Crippen LogP contribution in [-0.2, 0) is 6.54 Å². The maximum atomic E-state index is 12.1. The third-order valence-electron chi connectivity index (χ3n) is 2.80. The molecule has 0 aliphatic heterocycles. The Kier molecular flexibility index (Phi) is 3.60. The third-order valence-corrected chi connectivity index (χ3v) is 3.69. The summed E-state index contributed by atoms with van der Waals surface area (Å²) >= 11 is 1.60. The number of hydrogen-bond donors (Lipinski definition) is 1. The standard InChI is InChI=1S/C15H12N2O2S/c18-15(17-10-12-3-1-7-19-12)11-5-6-16-13(9-11)14-4-2-8-20-14/h1-9H,10H2,(H,17,18). The Bertz CT molecular complexity index is 691. The molecule has 3 rings (SSSR count). The minimum Gasteiger partial charge on any atom is -0.467 e. The van der Waals surface area contributed by atoms with Crippen LogP contribution in [0.4, 0.5) is 0 Å². The van der Waals surface area contributed by atoms with Crippen molar-refractivity contribution in [3.63, 3.8) is 0 Å². The summed E-state index contributed by atoms with van der Waals surface area (Å²) in [6.45, 7) is 0.377. The highest BCUT2D eigenvalue weighted by Crippen LogP contribution is 2.22. The molecule has 0 saturated heterocycles. The van der Waals surface area contributed by atoms with Crippen LogP contribution in [0.25, 0.3) is 10.6 Å². The van der Waals surface area contributed by atoms with Gasteiger partial charge in [0.1, 0.15) is 5.76 Å². The summed E-state index contributed by atoms with van der Waals surface area (Å²) in [7, 11) is 0. The maximum absolute atomic E-state index is 12.1. The molecule has 1 amide bonds. The van der Waals surface area contributed by atoms with Crippen molar-refractivity contribution < 1.29 is 9.21 Å². The van der Waals surface area contributed by atoms with E-state index in [1.807, 2.05) is 23.6 Å². The van der Waals surface area contributed by atoms with Crippen molar-refractivity contribution in [3.05, 3.63) is 65.6 Å². The molecule has 0 atom stereocenters. The van der Waals surface area contributed by atoms with Crippen LogP contribution in [0.3, 0.4) is 0 Å². The Morgan fingerprint density at radius 3 is 3.00 bits per heavy atom. The van der Waals surface area contributed by atoms with E-state index in [1.165, 1.54) is 0 Å². The zero-order valence-electron chi connectivity index (χ0n) is 10.6. The van der Waals surface area contributed by atoms with Gasteiger partial charge in [-0.2, -0.15) is 0 Å². The van der Waals surface area contributed by atoms with Crippen LogP contribution >= 0.6 is 11.3 Å². The number of hydrogen-bond acceptors (Lipinski definition) is 4. The number of nitrogens with zero attached hydrogens (tertiary/aromatic N) is 1. The molecular weight excluding hydrogens is 272 g/mol. The zero-order chi connectivity index (χ0) is 13.8. The largest absolute Gasteiger partial charge is 0.467 e. The maximum Gasteiger partial charge on any atom is 0.251 e. The molecule has 3 aromatic heterocycles. The van der Waals surface area contributed by atoms with Gasteiger partial charge in [0.25, 0.3) is 5.91 Å². The van der Waals surface area contributed by atoms with Crippen LogP contribution < -0.4 is 5.32 Å². The number of amides is 1.